The van der Waals surface area contributed by atoms with E-state index in [4.69, 9.17) is 10.5 Å². The van der Waals surface area contributed by atoms with Crippen LogP contribution < -0.4 is 11.1 Å². The average Bonchev–Trinajstić information content (AvgIpc) is 3.13. The number of carbonyl (C=O) groups excluding carboxylic acids is 2. The Labute approximate surface area is 121 Å². The van der Waals surface area contributed by atoms with Gasteiger partial charge < -0.3 is 20.5 Å². The molecule has 7 heteroatoms. The molecule has 110 valence electrons. The second kappa shape index (κ2) is 5.70. The van der Waals surface area contributed by atoms with E-state index in [-0.39, 0.29) is 16.1 Å². The quantitative estimate of drug-likeness (QED) is 0.809. The Morgan fingerprint density at radius 1 is 1.35 bits per heavy atom. The Hall–Kier alpha value is -1.76. The molecule has 0 aliphatic heterocycles. The predicted octanol–water partition coefficient (Wildman–Crippen LogP) is 2.11. The van der Waals surface area contributed by atoms with Crippen LogP contribution in [0, 0.1) is 5.92 Å². The lowest BCUT2D eigenvalue weighted by molar-refractivity contribution is 0.0602. The first kappa shape index (κ1) is 14.6. The Morgan fingerprint density at radius 2 is 2.00 bits per heavy atom. The van der Waals surface area contributed by atoms with Gasteiger partial charge in [0.25, 0.3) is 0 Å². The fourth-order valence-corrected chi connectivity index (χ4v) is 3.23. The second-order valence-electron chi connectivity index (χ2n) is 4.69. The van der Waals surface area contributed by atoms with Gasteiger partial charge in [-0.15, -0.1) is 11.3 Å². The van der Waals surface area contributed by atoms with E-state index in [1.54, 1.807) is 0 Å². The summed E-state index contributed by atoms with van der Waals surface area (Å²) >= 11 is 1.13. The molecule has 0 aromatic carbocycles. The Kier molecular flexibility index (Phi) is 4.17. The zero-order valence-corrected chi connectivity index (χ0v) is 12.5. The number of nitrogens with two attached hydrogens (primary N) is 1. The largest absolute Gasteiger partial charge is 0.465 e. The maximum absolute atomic E-state index is 11.8. The van der Waals surface area contributed by atoms with Crippen LogP contribution in [0.3, 0.4) is 0 Å². The highest BCUT2D eigenvalue weighted by atomic mass is 32.1. The van der Waals surface area contributed by atoms with E-state index >= 15 is 0 Å². The number of carbonyl (C=O) groups is 2. The number of anilines is 2. The van der Waals surface area contributed by atoms with Crippen molar-refractivity contribution in [2.45, 2.75) is 25.8 Å². The number of rotatable bonds is 5. The first-order valence-corrected chi connectivity index (χ1v) is 7.20. The van der Waals surface area contributed by atoms with Crippen LogP contribution in [0.15, 0.2) is 0 Å². The van der Waals surface area contributed by atoms with Crippen LogP contribution in [0.1, 0.15) is 39.8 Å². The fourth-order valence-electron chi connectivity index (χ4n) is 2.14. The van der Waals surface area contributed by atoms with Gasteiger partial charge in [-0.05, 0) is 12.3 Å². The Bertz CT molecular complexity index is 541. The van der Waals surface area contributed by atoms with Crippen LogP contribution in [-0.2, 0) is 9.47 Å². The van der Waals surface area contributed by atoms with Crippen molar-refractivity contribution in [1.29, 1.82) is 0 Å². The van der Waals surface area contributed by atoms with Crippen molar-refractivity contribution in [3.63, 3.8) is 0 Å². The lowest BCUT2D eigenvalue weighted by Gasteiger charge is -2.05. The van der Waals surface area contributed by atoms with Crippen molar-refractivity contribution in [1.82, 2.24) is 0 Å². The molecule has 6 nitrogen and oxygen atoms in total. The maximum atomic E-state index is 11.8. The van der Waals surface area contributed by atoms with Crippen molar-refractivity contribution >= 4 is 34.0 Å². The standard InChI is InChI=1S/C13H18N2O4S/c1-4-6-5-7(6)15-11-8(12(16)18-2)9(14)10(20-11)13(17)19-3/h6-7,15H,4-5,14H2,1-3H3. The van der Waals surface area contributed by atoms with E-state index in [0.29, 0.717) is 17.0 Å². The molecule has 1 saturated carbocycles. The van der Waals surface area contributed by atoms with Gasteiger partial charge in [0.1, 0.15) is 15.4 Å². The number of hydrogen-bond donors (Lipinski definition) is 2. The molecule has 1 fully saturated rings. The summed E-state index contributed by atoms with van der Waals surface area (Å²) in [6, 6.07) is 0.326. The smallest absolute Gasteiger partial charge is 0.350 e. The van der Waals surface area contributed by atoms with Gasteiger partial charge in [0.15, 0.2) is 0 Å². The zero-order valence-electron chi connectivity index (χ0n) is 11.7. The number of nitrogen functional groups attached to an aromatic ring is 1. The molecule has 2 atom stereocenters. The molecule has 0 spiro atoms. The van der Waals surface area contributed by atoms with E-state index in [9.17, 15) is 9.59 Å². The molecule has 1 aliphatic carbocycles. The molecular weight excluding hydrogens is 280 g/mol. The lowest BCUT2D eigenvalue weighted by Crippen LogP contribution is -2.10. The minimum absolute atomic E-state index is 0.116. The van der Waals surface area contributed by atoms with Crippen molar-refractivity contribution in [2.75, 3.05) is 25.3 Å². The number of thiophene rings is 1. The van der Waals surface area contributed by atoms with Crippen LogP contribution in [0.2, 0.25) is 0 Å². The summed E-state index contributed by atoms with van der Waals surface area (Å²) < 4.78 is 9.41. The third kappa shape index (κ3) is 2.58. The van der Waals surface area contributed by atoms with Crippen LogP contribution in [0.4, 0.5) is 10.7 Å². The SMILES string of the molecule is CCC1CC1Nc1sc(C(=O)OC)c(N)c1C(=O)OC. The van der Waals surface area contributed by atoms with Crippen LogP contribution in [0.5, 0.6) is 0 Å². The van der Waals surface area contributed by atoms with E-state index in [1.165, 1.54) is 14.2 Å². The number of esters is 2. The summed E-state index contributed by atoms with van der Waals surface area (Å²) in [5.41, 5.74) is 6.23. The molecular formula is C13H18N2O4S. The van der Waals surface area contributed by atoms with Crippen molar-refractivity contribution in [2.24, 2.45) is 5.92 Å². The molecule has 0 bridgehead atoms. The summed E-state index contributed by atoms with van der Waals surface area (Å²) in [6.07, 6.45) is 2.14. The van der Waals surface area contributed by atoms with Crippen molar-refractivity contribution < 1.29 is 19.1 Å². The molecule has 2 rings (SSSR count). The van der Waals surface area contributed by atoms with Gasteiger partial charge in [0, 0.05) is 6.04 Å². The highest BCUT2D eigenvalue weighted by Gasteiger charge is 2.37. The van der Waals surface area contributed by atoms with E-state index in [1.807, 2.05) is 0 Å². The van der Waals surface area contributed by atoms with E-state index in [0.717, 1.165) is 24.2 Å². The molecule has 0 saturated heterocycles. The van der Waals surface area contributed by atoms with E-state index < -0.39 is 11.9 Å². The second-order valence-corrected chi connectivity index (χ2v) is 5.71. The minimum Gasteiger partial charge on any atom is -0.465 e. The fraction of sp³-hybridized carbons (Fsp3) is 0.538. The molecule has 3 N–H and O–H groups in total. The summed E-state index contributed by atoms with van der Waals surface area (Å²) in [5, 5.41) is 3.85. The topological polar surface area (TPSA) is 90.6 Å². The van der Waals surface area contributed by atoms with E-state index in [2.05, 4.69) is 17.0 Å². The molecule has 0 amide bonds. The third-order valence-electron chi connectivity index (χ3n) is 3.47. The Morgan fingerprint density at radius 3 is 2.50 bits per heavy atom. The summed E-state index contributed by atoms with van der Waals surface area (Å²) in [6.45, 7) is 2.12. The highest BCUT2D eigenvalue weighted by molar-refractivity contribution is 7.19. The monoisotopic (exact) mass is 298 g/mol. The number of ether oxygens (including phenoxy) is 2. The number of methoxy groups -OCH3 is 2. The van der Waals surface area contributed by atoms with Crippen molar-refractivity contribution in [3.05, 3.63) is 10.4 Å². The summed E-state index contributed by atoms with van der Waals surface area (Å²) in [4.78, 5) is 23.7. The summed E-state index contributed by atoms with van der Waals surface area (Å²) in [7, 11) is 2.56. The molecule has 2 unspecified atom stereocenters. The molecule has 1 aromatic heterocycles. The van der Waals surface area contributed by atoms with Crippen LogP contribution >= 0.6 is 11.3 Å². The van der Waals surface area contributed by atoms with Gasteiger partial charge in [-0.1, -0.05) is 13.3 Å². The van der Waals surface area contributed by atoms with Crippen molar-refractivity contribution in [3.8, 4) is 0 Å². The Balaban J connectivity index is 2.33. The molecule has 1 aliphatic rings. The first-order chi connectivity index (χ1) is 9.53. The van der Waals surface area contributed by atoms with Crippen LogP contribution in [0.25, 0.3) is 0 Å². The first-order valence-electron chi connectivity index (χ1n) is 6.38. The average molecular weight is 298 g/mol. The number of hydrogen-bond acceptors (Lipinski definition) is 7. The summed E-state index contributed by atoms with van der Waals surface area (Å²) in [5.74, 6) is -0.496. The predicted molar refractivity (Wildman–Crippen MR) is 77.2 cm³/mol. The van der Waals surface area contributed by atoms with Gasteiger partial charge in [-0.3, -0.25) is 0 Å². The zero-order chi connectivity index (χ0) is 14.9. The third-order valence-corrected chi connectivity index (χ3v) is 4.59. The molecule has 20 heavy (non-hydrogen) atoms. The number of nitrogens with one attached hydrogen (secondary N) is 1. The minimum atomic E-state index is -0.551. The molecule has 1 aromatic rings. The lowest BCUT2D eigenvalue weighted by atomic mass is 10.2. The molecule has 1 heterocycles. The van der Waals surface area contributed by atoms with Gasteiger partial charge in [0.05, 0.1) is 19.9 Å². The molecule has 0 radical (unpaired) electrons. The van der Waals surface area contributed by atoms with Gasteiger partial charge in [0.2, 0.25) is 0 Å². The maximum Gasteiger partial charge on any atom is 0.350 e. The van der Waals surface area contributed by atoms with Gasteiger partial charge in [-0.25, -0.2) is 9.59 Å². The van der Waals surface area contributed by atoms with Gasteiger partial charge >= 0.3 is 11.9 Å². The normalized spacial score (nSPS) is 20.4. The van der Waals surface area contributed by atoms with Gasteiger partial charge in [-0.2, -0.15) is 0 Å². The van der Waals surface area contributed by atoms with Crippen LogP contribution in [-0.4, -0.2) is 32.2 Å². The highest BCUT2D eigenvalue weighted by Crippen LogP contribution is 2.42.